The van der Waals surface area contributed by atoms with Crippen LogP contribution in [0.1, 0.15) is 11.4 Å². The molecule has 3 heteroatoms. The molecule has 0 amide bonds. The van der Waals surface area contributed by atoms with Gasteiger partial charge >= 0.3 is 0 Å². The van der Waals surface area contributed by atoms with Crippen molar-refractivity contribution in [2.24, 2.45) is 0 Å². The molecule has 0 aliphatic heterocycles. The molecule has 0 unspecified atom stereocenters. The summed E-state index contributed by atoms with van der Waals surface area (Å²) in [6, 6.07) is 19.9. The van der Waals surface area contributed by atoms with Crippen LogP contribution in [0.3, 0.4) is 0 Å². The van der Waals surface area contributed by atoms with Gasteiger partial charge in [0.2, 0.25) is 0 Å². The Morgan fingerprint density at radius 3 is 2.21 bits per heavy atom. The third kappa shape index (κ3) is 2.83. The van der Waals surface area contributed by atoms with E-state index in [0.717, 1.165) is 22.6 Å². The summed E-state index contributed by atoms with van der Waals surface area (Å²) >= 11 is 0. The van der Waals surface area contributed by atoms with Crippen molar-refractivity contribution in [2.75, 3.05) is 0 Å². The van der Waals surface area contributed by atoms with Crippen LogP contribution in [-0.2, 0) is 6.42 Å². The van der Waals surface area contributed by atoms with Gasteiger partial charge in [-0.3, -0.25) is 4.98 Å². The summed E-state index contributed by atoms with van der Waals surface area (Å²) in [6.07, 6.45) is 2.50. The number of benzene rings is 1. The Kier molecular flexibility index (Phi) is 3.28. The average molecular weight is 247 g/mol. The molecule has 0 aliphatic rings. The SMILES string of the molecule is c1ccc(-c2ccc(Cc3ccccn3)nn2)cc1. The topological polar surface area (TPSA) is 38.7 Å². The fourth-order valence-corrected chi connectivity index (χ4v) is 1.91. The molecular formula is C16H13N3. The summed E-state index contributed by atoms with van der Waals surface area (Å²) in [7, 11) is 0. The molecule has 0 atom stereocenters. The minimum Gasteiger partial charge on any atom is -0.261 e. The molecule has 0 spiro atoms. The highest BCUT2D eigenvalue weighted by atomic mass is 15.1. The third-order valence-electron chi connectivity index (χ3n) is 2.88. The van der Waals surface area contributed by atoms with Gasteiger partial charge < -0.3 is 0 Å². The number of rotatable bonds is 3. The summed E-state index contributed by atoms with van der Waals surface area (Å²) in [4.78, 5) is 4.29. The zero-order valence-electron chi connectivity index (χ0n) is 10.4. The van der Waals surface area contributed by atoms with Crippen LogP contribution in [0.2, 0.25) is 0 Å². The average Bonchev–Trinajstić information content (AvgIpc) is 2.50. The highest BCUT2D eigenvalue weighted by molar-refractivity contribution is 5.57. The van der Waals surface area contributed by atoms with Crippen LogP contribution in [0.5, 0.6) is 0 Å². The Balaban J connectivity index is 1.80. The first-order valence-corrected chi connectivity index (χ1v) is 6.20. The number of hydrogen-bond acceptors (Lipinski definition) is 3. The van der Waals surface area contributed by atoms with E-state index in [4.69, 9.17) is 0 Å². The molecule has 3 nitrogen and oxygen atoms in total. The maximum absolute atomic E-state index is 4.29. The van der Waals surface area contributed by atoms with E-state index in [1.165, 1.54) is 0 Å². The molecule has 3 rings (SSSR count). The van der Waals surface area contributed by atoms with E-state index < -0.39 is 0 Å². The maximum Gasteiger partial charge on any atom is 0.0929 e. The van der Waals surface area contributed by atoms with Crippen LogP contribution in [-0.4, -0.2) is 15.2 Å². The zero-order valence-corrected chi connectivity index (χ0v) is 10.4. The van der Waals surface area contributed by atoms with Gasteiger partial charge in [-0.15, -0.1) is 0 Å². The first kappa shape index (κ1) is 11.5. The van der Waals surface area contributed by atoms with Gasteiger partial charge in [0.25, 0.3) is 0 Å². The smallest absolute Gasteiger partial charge is 0.0929 e. The summed E-state index contributed by atoms with van der Waals surface area (Å²) in [5, 5.41) is 8.53. The van der Waals surface area contributed by atoms with Crippen LogP contribution in [0.15, 0.2) is 66.9 Å². The van der Waals surface area contributed by atoms with Crippen LogP contribution >= 0.6 is 0 Å². The fraction of sp³-hybridized carbons (Fsp3) is 0.0625. The van der Waals surface area contributed by atoms with Gasteiger partial charge in [0.05, 0.1) is 11.4 Å². The Labute approximate surface area is 112 Å². The maximum atomic E-state index is 4.29. The molecule has 2 heterocycles. The molecule has 0 bridgehead atoms. The fourth-order valence-electron chi connectivity index (χ4n) is 1.91. The predicted octanol–water partition coefficient (Wildman–Crippen LogP) is 3.13. The Morgan fingerprint density at radius 2 is 1.53 bits per heavy atom. The highest BCUT2D eigenvalue weighted by Crippen LogP contribution is 2.15. The minimum absolute atomic E-state index is 0.711. The molecule has 3 aromatic rings. The van der Waals surface area contributed by atoms with E-state index >= 15 is 0 Å². The number of hydrogen-bond donors (Lipinski definition) is 0. The van der Waals surface area contributed by atoms with Crippen molar-refractivity contribution in [3.8, 4) is 11.3 Å². The Morgan fingerprint density at radius 1 is 0.684 bits per heavy atom. The number of nitrogens with zero attached hydrogens (tertiary/aromatic N) is 3. The molecule has 1 aromatic carbocycles. The standard InChI is InChI=1S/C16H13N3/c1-2-6-13(7-3-1)16-10-9-15(18-19-16)12-14-8-4-5-11-17-14/h1-11H,12H2. The Bertz CT molecular complexity index is 634. The normalized spacial score (nSPS) is 10.3. The van der Waals surface area contributed by atoms with Crippen molar-refractivity contribution in [1.82, 2.24) is 15.2 Å². The number of aromatic nitrogens is 3. The lowest BCUT2D eigenvalue weighted by atomic mass is 10.1. The number of pyridine rings is 1. The summed E-state index contributed by atoms with van der Waals surface area (Å²) in [5.74, 6) is 0. The van der Waals surface area contributed by atoms with Gasteiger partial charge in [0.1, 0.15) is 0 Å². The van der Waals surface area contributed by atoms with E-state index in [1.54, 1.807) is 6.20 Å². The largest absolute Gasteiger partial charge is 0.261 e. The first-order chi connectivity index (χ1) is 9.42. The van der Waals surface area contributed by atoms with Crippen molar-refractivity contribution < 1.29 is 0 Å². The molecular weight excluding hydrogens is 234 g/mol. The van der Waals surface area contributed by atoms with Gasteiger partial charge in [-0.2, -0.15) is 10.2 Å². The van der Waals surface area contributed by atoms with Crippen LogP contribution in [0.25, 0.3) is 11.3 Å². The zero-order chi connectivity index (χ0) is 12.9. The van der Waals surface area contributed by atoms with Gasteiger partial charge in [-0.25, -0.2) is 0 Å². The van der Waals surface area contributed by atoms with Gasteiger partial charge in [-0.05, 0) is 24.3 Å². The van der Waals surface area contributed by atoms with Crippen LogP contribution in [0, 0.1) is 0 Å². The second-order valence-electron chi connectivity index (χ2n) is 4.27. The molecule has 0 N–H and O–H groups in total. The van der Waals surface area contributed by atoms with E-state index in [-0.39, 0.29) is 0 Å². The molecule has 2 aromatic heterocycles. The van der Waals surface area contributed by atoms with Crippen molar-refractivity contribution in [1.29, 1.82) is 0 Å². The Hall–Kier alpha value is -2.55. The lowest BCUT2D eigenvalue weighted by molar-refractivity contribution is 0.922. The lowest BCUT2D eigenvalue weighted by Gasteiger charge is -2.02. The molecule has 0 aliphatic carbocycles. The van der Waals surface area contributed by atoms with Crippen molar-refractivity contribution in [3.63, 3.8) is 0 Å². The van der Waals surface area contributed by atoms with Crippen LogP contribution < -0.4 is 0 Å². The molecule has 92 valence electrons. The third-order valence-corrected chi connectivity index (χ3v) is 2.88. The lowest BCUT2D eigenvalue weighted by Crippen LogP contribution is -1.97. The molecule has 0 fully saturated rings. The second-order valence-corrected chi connectivity index (χ2v) is 4.27. The highest BCUT2D eigenvalue weighted by Gasteiger charge is 2.02. The summed E-state index contributed by atoms with van der Waals surface area (Å²) in [5.41, 5.74) is 3.91. The second kappa shape index (κ2) is 5.40. The predicted molar refractivity (Wildman–Crippen MR) is 74.5 cm³/mol. The summed E-state index contributed by atoms with van der Waals surface area (Å²) < 4.78 is 0. The summed E-state index contributed by atoms with van der Waals surface area (Å²) in [6.45, 7) is 0. The van der Waals surface area contributed by atoms with Crippen molar-refractivity contribution in [3.05, 3.63) is 78.2 Å². The quantitative estimate of drug-likeness (QED) is 0.713. The van der Waals surface area contributed by atoms with Crippen molar-refractivity contribution in [2.45, 2.75) is 6.42 Å². The van der Waals surface area contributed by atoms with E-state index in [0.29, 0.717) is 6.42 Å². The molecule has 0 saturated carbocycles. The van der Waals surface area contributed by atoms with Crippen LogP contribution in [0.4, 0.5) is 0 Å². The molecule has 0 radical (unpaired) electrons. The van der Waals surface area contributed by atoms with E-state index in [2.05, 4.69) is 15.2 Å². The van der Waals surface area contributed by atoms with Crippen molar-refractivity contribution >= 4 is 0 Å². The minimum atomic E-state index is 0.711. The van der Waals surface area contributed by atoms with Gasteiger partial charge in [0.15, 0.2) is 0 Å². The van der Waals surface area contributed by atoms with Gasteiger partial charge in [0, 0.05) is 23.9 Å². The van der Waals surface area contributed by atoms with E-state index in [1.807, 2.05) is 60.7 Å². The molecule has 19 heavy (non-hydrogen) atoms. The molecule has 0 saturated heterocycles. The van der Waals surface area contributed by atoms with Gasteiger partial charge in [-0.1, -0.05) is 36.4 Å². The monoisotopic (exact) mass is 247 g/mol. The first-order valence-electron chi connectivity index (χ1n) is 6.20. The van der Waals surface area contributed by atoms with E-state index in [9.17, 15) is 0 Å².